The number of ether oxygens (including phenoxy) is 1. The topological polar surface area (TPSA) is 89.7 Å². The summed E-state index contributed by atoms with van der Waals surface area (Å²) in [6, 6.07) is 4.07. The molecule has 0 amide bonds. The minimum absolute atomic E-state index is 0.158. The number of H-pyrrole nitrogens is 1. The molecule has 0 fully saturated rings. The second-order valence-electron chi connectivity index (χ2n) is 3.48. The normalized spacial score (nSPS) is 10.9. The second kappa shape index (κ2) is 4.69. The standard InChI is InChI=1S/C10H8IN5OS/c11-6-2-1-5(18-6)3-17-9-7-8(14-4-13-7)15-10(12)16-9/h1-2,4H,3H2,(H3,12,13,14,15,16). The highest BCUT2D eigenvalue weighted by molar-refractivity contribution is 14.1. The molecule has 0 bridgehead atoms. The lowest BCUT2D eigenvalue weighted by Gasteiger charge is -2.04. The smallest absolute Gasteiger partial charge is 0.245 e. The van der Waals surface area contributed by atoms with Crippen LogP contribution in [0.15, 0.2) is 18.5 Å². The molecule has 0 atom stereocenters. The summed E-state index contributed by atoms with van der Waals surface area (Å²) in [4.78, 5) is 16.2. The van der Waals surface area contributed by atoms with Gasteiger partial charge < -0.3 is 15.5 Å². The molecule has 0 radical (unpaired) electrons. The fraction of sp³-hybridized carbons (Fsp3) is 0.100. The maximum atomic E-state index is 5.66. The molecule has 0 unspecified atom stereocenters. The summed E-state index contributed by atoms with van der Waals surface area (Å²) in [6.45, 7) is 0.457. The number of hydrogen-bond acceptors (Lipinski definition) is 6. The molecular formula is C10H8IN5OS. The van der Waals surface area contributed by atoms with E-state index in [1.165, 1.54) is 2.88 Å². The molecule has 3 rings (SSSR count). The third-order valence-corrected chi connectivity index (χ3v) is 4.12. The van der Waals surface area contributed by atoms with E-state index in [0.717, 1.165) is 4.88 Å². The number of anilines is 1. The molecule has 0 aromatic carbocycles. The van der Waals surface area contributed by atoms with Crippen LogP contribution >= 0.6 is 33.9 Å². The van der Waals surface area contributed by atoms with E-state index in [2.05, 4.69) is 42.5 Å². The molecule has 3 heterocycles. The van der Waals surface area contributed by atoms with Crippen LogP contribution in [-0.2, 0) is 6.61 Å². The number of fused-ring (bicyclic) bond motifs is 1. The van der Waals surface area contributed by atoms with Gasteiger partial charge in [0.25, 0.3) is 0 Å². The van der Waals surface area contributed by atoms with E-state index in [-0.39, 0.29) is 5.95 Å². The van der Waals surface area contributed by atoms with Crippen molar-refractivity contribution in [3.63, 3.8) is 0 Å². The molecule has 6 nitrogen and oxygen atoms in total. The predicted octanol–water partition coefficient (Wildman–Crippen LogP) is 2.18. The lowest BCUT2D eigenvalue weighted by Crippen LogP contribution is -2.01. The van der Waals surface area contributed by atoms with Gasteiger partial charge in [0, 0.05) is 4.88 Å². The summed E-state index contributed by atoms with van der Waals surface area (Å²) in [5.74, 6) is 0.587. The van der Waals surface area contributed by atoms with Crippen LogP contribution in [0.5, 0.6) is 5.88 Å². The maximum Gasteiger partial charge on any atom is 0.245 e. The van der Waals surface area contributed by atoms with Crippen molar-refractivity contribution in [1.29, 1.82) is 0 Å². The van der Waals surface area contributed by atoms with Crippen molar-refractivity contribution >= 4 is 51.0 Å². The Morgan fingerprint density at radius 2 is 2.28 bits per heavy atom. The minimum atomic E-state index is 0.158. The molecule has 0 spiro atoms. The molecule has 18 heavy (non-hydrogen) atoms. The Morgan fingerprint density at radius 3 is 3.06 bits per heavy atom. The average Bonchev–Trinajstić information content (AvgIpc) is 2.94. The van der Waals surface area contributed by atoms with Crippen molar-refractivity contribution in [2.45, 2.75) is 6.61 Å². The molecule has 3 aromatic heterocycles. The number of halogens is 1. The van der Waals surface area contributed by atoms with Gasteiger partial charge in [-0.2, -0.15) is 9.97 Å². The van der Waals surface area contributed by atoms with Gasteiger partial charge in [-0.05, 0) is 34.7 Å². The first-order chi connectivity index (χ1) is 8.72. The number of imidazole rings is 1. The van der Waals surface area contributed by atoms with Crippen LogP contribution in [0, 0.1) is 2.88 Å². The van der Waals surface area contributed by atoms with Gasteiger partial charge >= 0.3 is 0 Å². The molecule has 0 saturated carbocycles. The number of nitrogens with two attached hydrogens (primary N) is 1. The Bertz CT molecular complexity index is 694. The fourth-order valence-corrected chi connectivity index (χ4v) is 3.16. The molecule has 3 N–H and O–H groups in total. The molecule has 0 aliphatic carbocycles. The highest BCUT2D eigenvalue weighted by Crippen LogP contribution is 2.23. The van der Waals surface area contributed by atoms with Gasteiger partial charge in [0.05, 0.1) is 9.21 Å². The van der Waals surface area contributed by atoms with E-state index in [1.54, 1.807) is 17.7 Å². The van der Waals surface area contributed by atoms with Crippen LogP contribution in [0.4, 0.5) is 5.95 Å². The first kappa shape index (κ1) is 11.7. The Hall–Kier alpha value is -1.42. The van der Waals surface area contributed by atoms with Gasteiger partial charge in [0.15, 0.2) is 5.65 Å². The first-order valence-electron chi connectivity index (χ1n) is 5.06. The van der Waals surface area contributed by atoms with E-state index in [0.29, 0.717) is 23.7 Å². The van der Waals surface area contributed by atoms with Gasteiger partial charge in [-0.3, -0.25) is 0 Å². The van der Waals surface area contributed by atoms with E-state index >= 15 is 0 Å². The number of nitrogen functional groups attached to an aromatic ring is 1. The number of aromatic amines is 1. The number of hydrogen-bond donors (Lipinski definition) is 2. The zero-order chi connectivity index (χ0) is 12.5. The quantitative estimate of drug-likeness (QED) is 0.687. The van der Waals surface area contributed by atoms with Crippen molar-refractivity contribution in [1.82, 2.24) is 19.9 Å². The largest absolute Gasteiger partial charge is 0.470 e. The molecule has 0 aliphatic heterocycles. The van der Waals surface area contributed by atoms with E-state index in [1.807, 2.05) is 12.1 Å². The fourth-order valence-electron chi connectivity index (χ4n) is 1.50. The number of rotatable bonds is 3. The van der Waals surface area contributed by atoms with Crippen molar-refractivity contribution < 1.29 is 4.74 Å². The minimum Gasteiger partial charge on any atom is -0.470 e. The predicted molar refractivity (Wildman–Crippen MR) is 77.5 cm³/mol. The first-order valence-corrected chi connectivity index (χ1v) is 6.95. The molecule has 0 saturated heterocycles. The number of nitrogens with one attached hydrogen (secondary N) is 1. The summed E-state index contributed by atoms with van der Waals surface area (Å²) < 4.78 is 6.88. The zero-order valence-corrected chi connectivity index (χ0v) is 12.0. The second-order valence-corrected chi connectivity index (χ2v) is 6.55. The molecule has 8 heteroatoms. The molecule has 3 aromatic rings. The van der Waals surface area contributed by atoms with Gasteiger partial charge in [0.1, 0.15) is 12.1 Å². The average molecular weight is 373 g/mol. The number of thiophene rings is 1. The molecule has 0 aliphatic rings. The Kier molecular flexibility index (Phi) is 3.04. The number of nitrogens with zero attached hydrogens (tertiary/aromatic N) is 3. The van der Waals surface area contributed by atoms with Crippen molar-refractivity contribution in [2.24, 2.45) is 0 Å². The highest BCUT2D eigenvalue weighted by atomic mass is 127. The van der Waals surface area contributed by atoms with E-state index in [4.69, 9.17) is 10.5 Å². The van der Waals surface area contributed by atoms with Gasteiger partial charge in [-0.15, -0.1) is 11.3 Å². The monoisotopic (exact) mass is 373 g/mol. The van der Waals surface area contributed by atoms with Crippen LogP contribution in [0.3, 0.4) is 0 Å². The van der Waals surface area contributed by atoms with Crippen molar-refractivity contribution in [3.05, 3.63) is 26.2 Å². The van der Waals surface area contributed by atoms with Crippen molar-refractivity contribution in [3.8, 4) is 5.88 Å². The third kappa shape index (κ3) is 2.25. The summed E-state index contributed by atoms with van der Waals surface area (Å²) in [5.41, 5.74) is 6.78. The van der Waals surface area contributed by atoms with Crippen LogP contribution in [0.25, 0.3) is 11.2 Å². The molecular weight excluding hydrogens is 365 g/mol. The lowest BCUT2D eigenvalue weighted by atomic mass is 10.5. The lowest BCUT2D eigenvalue weighted by molar-refractivity contribution is 0.301. The van der Waals surface area contributed by atoms with Crippen LogP contribution < -0.4 is 10.5 Å². The SMILES string of the molecule is Nc1nc(OCc2ccc(I)s2)c2[nH]cnc2n1. The summed E-state index contributed by atoms with van der Waals surface area (Å²) in [6.07, 6.45) is 1.54. The summed E-state index contributed by atoms with van der Waals surface area (Å²) >= 11 is 3.95. The van der Waals surface area contributed by atoms with Crippen molar-refractivity contribution in [2.75, 3.05) is 5.73 Å². The Balaban J connectivity index is 1.87. The summed E-state index contributed by atoms with van der Waals surface area (Å²) in [5, 5.41) is 0. The van der Waals surface area contributed by atoms with E-state index < -0.39 is 0 Å². The van der Waals surface area contributed by atoms with Crippen LogP contribution in [0.1, 0.15) is 4.88 Å². The highest BCUT2D eigenvalue weighted by Gasteiger charge is 2.10. The third-order valence-electron chi connectivity index (χ3n) is 2.25. The molecule has 92 valence electrons. The zero-order valence-electron chi connectivity index (χ0n) is 9.05. The van der Waals surface area contributed by atoms with Crippen LogP contribution in [0.2, 0.25) is 0 Å². The Labute approximate surface area is 120 Å². The number of aromatic nitrogens is 4. The Morgan fingerprint density at radius 1 is 1.39 bits per heavy atom. The van der Waals surface area contributed by atoms with Gasteiger partial charge in [0.2, 0.25) is 11.8 Å². The summed E-state index contributed by atoms with van der Waals surface area (Å²) in [7, 11) is 0. The van der Waals surface area contributed by atoms with Gasteiger partial charge in [-0.1, -0.05) is 0 Å². The van der Waals surface area contributed by atoms with Crippen LogP contribution in [-0.4, -0.2) is 19.9 Å². The maximum absolute atomic E-state index is 5.66. The van der Waals surface area contributed by atoms with E-state index in [9.17, 15) is 0 Å². The van der Waals surface area contributed by atoms with Gasteiger partial charge in [-0.25, -0.2) is 4.98 Å².